The largest absolute Gasteiger partial charge is 0.506 e. The Bertz CT molecular complexity index is 814. The maximum absolute atomic E-state index is 12.1. The molecule has 0 aliphatic heterocycles. The predicted molar refractivity (Wildman–Crippen MR) is 98.8 cm³/mol. The Morgan fingerprint density at radius 3 is 2.50 bits per heavy atom. The fraction of sp³-hybridized carbons (Fsp3) is 0.300. The van der Waals surface area contributed by atoms with E-state index in [2.05, 4.69) is 23.9 Å². The van der Waals surface area contributed by atoms with Gasteiger partial charge in [-0.25, -0.2) is 4.79 Å². The third-order valence-corrected chi connectivity index (χ3v) is 3.84. The van der Waals surface area contributed by atoms with Crippen LogP contribution in [0.1, 0.15) is 41.3 Å². The Hall–Kier alpha value is -3.02. The fourth-order valence-electron chi connectivity index (χ4n) is 2.46. The van der Waals surface area contributed by atoms with Crippen molar-refractivity contribution in [2.75, 3.05) is 19.0 Å². The monoisotopic (exact) mass is 357 g/mol. The average Bonchev–Trinajstić information content (AvgIpc) is 2.60. The summed E-state index contributed by atoms with van der Waals surface area (Å²) in [7, 11) is 1.25. The van der Waals surface area contributed by atoms with Crippen LogP contribution >= 0.6 is 0 Å². The zero-order valence-electron chi connectivity index (χ0n) is 15.3. The lowest BCUT2D eigenvalue weighted by Gasteiger charge is -2.15. The summed E-state index contributed by atoms with van der Waals surface area (Å²) in [6, 6.07) is 10.0. The zero-order valence-corrected chi connectivity index (χ0v) is 15.3. The number of aryl methyl sites for hydroxylation is 1. The van der Waals surface area contributed by atoms with E-state index in [1.54, 1.807) is 0 Å². The summed E-state index contributed by atoms with van der Waals surface area (Å²) < 4.78 is 10.2. The number of hydrogen-bond acceptors (Lipinski definition) is 5. The maximum Gasteiger partial charge on any atom is 0.337 e. The van der Waals surface area contributed by atoms with Crippen LogP contribution in [0, 0.1) is 6.92 Å². The molecule has 6 heteroatoms. The van der Waals surface area contributed by atoms with Gasteiger partial charge in [0.15, 0.2) is 6.61 Å². The first kappa shape index (κ1) is 19.3. The van der Waals surface area contributed by atoms with Crippen LogP contribution in [0.3, 0.4) is 0 Å². The number of carbonyl (C=O) groups is 2. The molecule has 0 radical (unpaired) electrons. The molecule has 2 rings (SSSR count). The maximum atomic E-state index is 12.1. The smallest absolute Gasteiger partial charge is 0.337 e. The summed E-state index contributed by atoms with van der Waals surface area (Å²) in [5, 5.41) is 12.5. The van der Waals surface area contributed by atoms with Crippen LogP contribution in [0.5, 0.6) is 11.5 Å². The number of hydrogen-bond donors (Lipinski definition) is 2. The van der Waals surface area contributed by atoms with Crippen LogP contribution in [-0.2, 0) is 9.53 Å². The minimum Gasteiger partial charge on any atom is -0.506 e. The highest BCUT2D eigenvalue weighted by Crippen LogP contribution is 2.28. The number of esters is 1. The van der Waals surface area contributed by atoms with Crippen molar-refractivity contribution in [2.24, 2.45) is 0 Å². The summed E-state index contributed by atoms with van der Waals surface area (Å²) in [6.45, 7) is 5.87. The average molecular weight is 357 g/mol. The molecule has 26 heavy (non-hydrogen) atoms. The normalized spacial score (nSPS) is 10.5. The molecule has 0 spiro atoms. The van der Waals surface area contributed by atoms with Crippen molar-refractivity contribution in [3.8, 4) is 11.5 Å². The van der Waals surface area contributed by atoms with E-state index in [0.717, 1.165) is 11.1 Å². The standard InChI is InChI=1S/C20H23NO5/c1-12(2)15-7-5-13(3)9-18(15)26-11-19(23)21-16-8-6-14(10-17(16)22)20(24)25-4/h5-10,12,22H,11H2,1-4H3,(H,21,23). The van der Waals surface area contributed by atoms with E-state index in [4.69, 9.17) is 4.74 Å². The van der Waals surface area contributed by atoms with Gasteiger partial charge in [-0.3, -0.25) is 4.79 Å². The van der Waals surface area contributed by atoms with Gasteiger partial charge < -0.3 is 19.9 Å². The van der Waals surface area contributed by atoms with Crippen LogP contribution in [0.4, 0.5) is 5.69 Å². The summed E-state index contributed by atoms with van der Waals surface area (Å²) in [4.78, 5) is 23.6. The van der Waals surface area contributed by atoms with Gasteiger partial charge in [0, 0.05) is 0 Å². The Labute approximate surface area is 152 Å². The SMILES string of the molecule is COC(=O)c1ccc(NC(=O)COc2cc(C)ccc2C(C)C)c(O)c1. The molecule has 0 bridgehead atoms. The molecule has 2 aromatic rings. The Balaban J connectivity index is 2.04. The topological polar surface area (TPSA) is 84.9 Å². The molecule has 2 N–H and O–H groups in total. The van der Waals surface area contributed by atoms with Gasteiger partial charge in [0.05, 0.1) is 18.4 Å². The molecule has 1 amide bonds. The second-order valence-electron chi connectivity index (χ2n) is 6.26. The number of amides is 1. The van der Waals surface area contributed by atoms with Crippen LogP contribution < -0.4 is 10.1 Å². The number of phenolic OH excluding ortho intramolecular Hbond substituents is 1. The minimum absolute atomic E-state index is 0.193. The summed E-state index contributed by atoms with van der Waals surface area (Å²) in [6.07, 6.45) is 0. The number of phenols is 1. The Kier molecular flexibility index (Phi) is 6.22. The lowest BCUT2D eigenvalue weighted by atomic mass is 10.0. The van der Waals surface area contributed by atoms with E-state index in [9.17, 15) is 14.7 Å². The lowest BCUT2D eigenvalue weighted by Crippen LogP contribution is -2.20. The van der Waals surface area contributed by atoms with Crippen LogP contribution in [0.2, 0.25) is 0 Å². The third-order valence-electron chi connectivity index (χ3n) is 3.84. The van der Waals surface area contributed by atoms with Gasteiger partial charge in [-0.05, 0) is 48.2 Å². The first-order valence-corrected chi connectivity index (χ1v) is 8.26. The van der Waals surface area contributed by atoms with Crippen molar-refractivity contribution in [1.82, 2.24) is 0 Å². The number of nitrogens with one attached hydrogen (secondary N) is 1. The Morgan fingerprint density at radius 1 is 1.15 bits per heavy atom. The molecule has 0 heterocycles. The highest BCUT2D eigenvalue weighted by Gasteiger charge is 2.13. The van der Waals surface area contributed by atoms with E-state index in [-0.39, 0.29) is 29.5 Å². The molecular weight excluding hydrogens is 334 g/mol. The molecule has 2 aromatic carbocycles. The highest BCUT2D eigenvalue weighted by molar-refractivity contribution is 5.95. The van der Waals surface area contributed by atoms with Crippen molar-refractivity contribution in [1.29, 1.82) is 0 Å². The number of carbonyl (C=O) groups excluding carboxylic acids is 2. The molecule has 0 saturated heterocycles. The molecule has 138 valence electrons. The molecule has 0 aromatic heterocycles. The lowest BCUT2D eigenvalue weighted by molar-refractivity contribution is -0.118. The van der Waals surface area contributed by atoms with Gasteiger partial charge in [-0.1, -0.05) is 26.0 Å². The van der Waals surface area contributed by atoms with Crippen LogP contribution in [0.15, 0.2) is 36.4 Å². The second kappa shape index (κ2) is 8.38. The molecule has 0 aliphatic carbocycles. The number of anilines is 1. The molecule has 0 aliphatic rings. The molecule has 0 unspecified atom stereocenters. The number of ether oxygens (including phenoxy) is 2. The fourth-order valence-corrected chi connectivity index (χ4v) is 2.46. The van der Waals surface area contributed by atoms with Crippen molar-refractivity contribution >= 4 is 17.6 Å². The van der Waals surface area contributed by atoms with Crippen LogP contribution in [0.25, 0.3) is 0 Å². The number of aromatic hydroxyl groups is 1. The van der Waals surface area contributed by atoms with Crippen molar-refractivity contribution < 1.29 is 24.2 Å². The summed E-state index contributed by atoms with van der Waals surface area (Å²) >= 11 is 0. The van der Waals surface area contributed by atoms with Crippen molar-refractivity contribution in [3.05, 3.63) is 53.1 Å². The molecule has 0 saturated carbocycles. The summed E-state index contributed by atoms with van der Waals surface area (Å²) in [5.74, 6) is -0.270. The first-order valence-electron chi connectivity index (χ1n) is 8.26. The quantitative estimate of drug-likeness (QED) is 0.609. The molecule has 6 nitrogen and oxygen atoms in total. The number of rotatable bonds is 6. The predicted octanol–water partition coefficient (Wildman–Crippen LogP) is 3.63. The first-order chi connectivity index (χ1) is 12.3. The van der Waals surface area contributed by atoms with Crippen molar-refractivity contribution in [3.63, 3.8) is 0 Å². The number of methoxy groups -OCH3 is 1. The molecule has 0 atom stereocenters. The van der Waals surface area contributed by atoms with E-state index >= 15 is 0 Å². The van der Waals surface area contributed by atoms with E-state index in [1.165, 1.54) is 25.3 Å². The van der Waals surface area contributed by atoms with Crippen LogP contribution in [-0.4, -0.2) is 30.7 Å². The molecular formula is C20H23NO5. The summed E-state index contributed by atoms with van der Waals surface area (Å²) in [5.41, 5.74) is 2.45. The second-order valence-corrected chi connectivity index (χ2v) is 6.26. The number of benzene rings is 2. The van der Waals surface area contributed by atoms with Gasteiger partial charge in [0.25, 0.3) is 5.91 Å². The van der Waals surface area contributed by atoms with Gasteiger partial charge >= 0.3 is 5.97 Å². The highest BCUT2D eigenvalue weighted by atomic mass is 16.5. The van der Waals surface area contributed by atoms with Gasteiger partial charge in [0.2, 0.25) is 0 Å². The third kappa shape index (κ3) is 4.75. The Morgan fingerprint density at radius 2 is 1.88 bits per heavy atom. The van der Waals surface area contributed by atoms with Gasteiger partial charge in [-0.2, -0.15) is 0 Å². The van der Waals surface area contributed by atoms with Gasteiger partial charge in [-0.15, -0.1) is 0 Å². The van der Waals surface area contributed by atoms with Crippen molar-refractivity contribution in [2.45, 2.75) is 26.7 Å². The minimum atomic E-state index is -0.567. The van der Waals surface area contributed by atoms with E-state index < -0.39 is 11.9 Å². The zero-order chi connectivity index (χ0) is 19.3. The van der Waals surface area contributed by atoms with E-state index in [0.29, 0.717) is 5.75 Å². The van der Waals surface area contributed by atoms with Gasteiger partial charge in [0.1, 0.15) is 11.5 Å². The molecule has 0 fully saturated rings. The van der Waals surface area contributed by atoms with E-state index in [1.807, 2.05) is 25.1 Å².